The van der Waals surface area contributed by atoms with Gasteiger partial charge in [-0.05, 0) is 49.1 Å². The van der Waals surface area contributed by atoms with E-state index in [4.69, 9.17) is 0 Å². The molecule has 2 aromatic rings. The molecule has 5 atom stereocenters. The third-order valence-corrected chi connectivity index (χ3v) is 10.6. The molecule has 1 aliphatic heterocycles. The Morgan fingerprint density at radius 1 is 0.879 bits per heavy atom. The van der Waals surface area contributed by atoms with Crippen molar-refractivity contribution in [3.05, 3.63) is 71.8 Å². The Kier molecular flexibility index (Phi) is 5.19. The number of rotatable bonds is 6. The van der Waals surface area contributed by atoms with E-state index in [0.29, 0.717) is 11.3 Å². The number of likely N-dealkylation sites (tertiary alicyclic amines) is 1. The first-order valence-corrected chi connectivity index (χ1v) is 13.5. The van der Waals surface area contributed by atoms with Crippen LogP contribution in [0.5, 0.6) is 0 Å². The molecular weight excluding hydrogens is 400 g/mol. The summed E-state index contributed by atoms with van der Waals surface area (Å²) in [6, 6.07) is 25.8. The van der Waals surface area contributed by atoms with Gasteiger partial charge in [0.25, 0.3) is 0 Å². The molecule has 1 saturated heterocycles. The predicted octanol–water partition coefficient (Wildman–Crippen LogP) is 6.85. The molecule has 2 nitrogen and oxygen atoms in total. The van der Waals surface area contributed by atoms with Crippen LogP contribution in [0.1, 0.15) is 75.3 Å². The van der Waals surface area contributed by atoms with Gasteiger partial charge >= 0.3 is 0 Å². The van der Waals surface area contributed by atoms with Crippen LogP contribution in [0.15, 0.2) is 60.7 Å². The number of hydrogen-bond donors (Lipinski definition) is 0. The minimum Gasteiger partial charge on any atom is -0.320 e. The molecule has 0 N–H and O–H groups in total. The van der Waals surface area contributed by atoms with Gasteiger partial charge in [0, 0.05) is 18.8 Å². The number of nitrogens with zero attached hydrogens (tertiary/aromatic N) is 2. The molecule has 1 spiro atoms. The van der Waals surface area contributed by atoms with Gasteiger partial charge in [0.15, 0.2) is 0 Å². The average molecular weight is 440 g/mol. The maximum Gasteiger partial charge on any atom is 0.107 e. The number of piperidine rings is 1. The Morgan fingerprint density at radius 2 is 1.52 bits per heavy atom. The third kappa shape index (κ3) is 3.15. The molecule has 1 heterocycles. The van der Waals surface area contributed by atoms with E-state index in [0.717, 1.165) is 24.4 Å². The second kappa shape index (κ2) is 7.99. The molecule has 4 fully saturated rings. The van der Waals surface area contributed by atoms with E-state index in [-0.39, 0.29) is 0 Å². The largest absolute Gasteiger partial charge is 0.320 e. The van der Waals surface area contributed by atoms with Gasteiger partial charge < -0.3 is 4.48 Å². The van der Waals surface area contributed by atoms with Gasteiger partial charge in [-0.25, -0.2) is 0 Å². The molecule has 0 bridgehead atoms. The first kappa shape index (κ1) is 21.4. The van der Waals surface area contributed by atoms with Crippen molar-refractivity contribution in [2.24, 2.45) is 17.3 Å². The highest BCUT2D eigenvalue weighted by atomic mass is 15.5. The lowest BCUT2D eigenvalue weighted by Gasteiger charge is -2.72. The van der Waals surface area contributed by atoms with Crippen LogP contribution < -0.4 is 0 Å². The zero-order chi connectivity index (χ0) is 22.5. The van der Waals surface area contributed by atoms with Crippen molar-refractivity contribution in [2.45, 2.75) is 81.7 Å². The summed E-state index contributed by atoms with van der Waals surface area (Å²) in [4.78, 5) is 0. The molecule has 2 unspecified atom stereocenters. The first-order chi connectivity index (χ1) is 16.1. The van der Waals surface area contributed by atoms with E-state index in [1.165, 1.54) is 79.9 Å². The third-order valence-electron chi connectivity index (χ3n) is 10.6. The van der Waals surface area contributed by atoms with Gasteiger partial charge in [-0.3, -0.25) is 0 Å². The highest BCUT2D eigenvalue weighted by Crippen LogP contribution is 2.70. The van der Waals surface area contributed by atoms with Gasteiger partial charge in [0.05, 0.1) is 25.1 Å². The van der Waals surface area contributed by atoms with E-state index in [2.05, 4.69) is 73.8 Å². The summed E-state index contributed by atoms with van der Waals surface area (Å²) < 4.78 is 1.36. The first-order valence-electron chi connectivity index (χ1n) is 13.5. The monoisotopic (exact) mass is 439 g/mol. The number of benzene rings is 2. The Morgan fingerprint density at radius 3 is 2.06 bits per heavy atom. The fraction of sp³-hybridized carbons (Fsp3) is 0.581. The number of quaternary nitrogens is 1. The van der Waals surface area contributed by atoms with Gasteiger partial charge in [-0.15, -0.1) is 0 Å². The maximum absolute atomic E-state index is 10.7. The smallest absolute Gasteiger partial charge is 0.107 e. The summed E-state index contributed by atoms with van der Waals surface area (Å²) in [6.45, 7) is 1.42. The van der Waals surface area contributed by atoms with Crippen molar-refractivity contribution >= 4 is 0 Å². The van der Waals surface area contributed by atoms with Crippen LogP contribution in [0.2, 0.25) is 0 Å². The van der Waals surface area contributed by atoms with Crippen molar-refractivity contribution in [3.63, 3.8) is 0 Å². The standard InChI is InChI=1S/C31H39N2/c1-33(22-24-11-5-2-6-12-24)28-17-18-30(28)20-25(19-29(30)33)21-31(23-32,26-13-7-3-8-14-26)27-15-9-4-10-16-27/h3-4,7-10,13-16,24-25,28-29H,2,5-6,11-12,17-22H2,1H3/q+1/t25-,28-,29-,30?,33?/m0/s1. The molecule has 4 aliphatic rings. The van der Waals surface area contributed by atoms with Crippen molar-refractivity contribution in [2.75, 3.05) is 13.6 Å². The minimum atomic E-state index is -0.542. The van der Waals surface area contributed by atoms with Crippen molar-refractivity contribution in [1.29, 1.82) is 5.26 Å². The average Bonchev–Trinajstić information content (AvgIpc) is 3.24. The zero-order valence-electron chi connectivity index (χ0n) is 20.3. The summed E-state index contributed by atoms with van der Waals surface area (Å²) in [6.07, 6.45) is 13.8. The van der Waals surface area contributed by atoms with Crippen LogP contribution in [-0.2, 0) is 5.41 Å². The summed E-state index contributed by atoms with van der Waals surface area (Å²) in [5, 5.41) is 10.7. The SMILES string of the molecule is C[N+]1(CC2CCCCC2)[C@H]2CCC23C[C@@H](CC(C#N)(c2ccccc2)c2ccccc2)C[C@@H]31. The fourth-order valence-corrected chi connectivity index (χ4v) is 9.22. The molecule has 0 amide bonds. The molecule has 3 aliphatic carbocycles. The number of hydrogen-bond acceptors (Lipinski definition) is 1. The van der Waals surface area contributed by atoms with E-state index in [9.17, 15) is 5.26 Å². The lowest BCUT2D eigenvalue weighted by atomic mass is 9.51. The number of nitriles is 1. The summed E-state index contributed by atoms with van der Waals surface area (Å²) in [5.74, 6) is 1.59. The topological polar surface area (TPSA) is 23.8 Å². The highest BCUT2D eigenvalue weighted by Gasteiger charge is 2.78. The van der Waals surface area contributed by atoms with Gasteiger partial charge in [-0.1, -0.05) is 79.9 Å². The van der Waals surface area contributed by atoms with Crippen molar-refractivity contribution in [3.8, 4) is 6.07 Å². The zero-order valence-corrected chi connectivity index (χ0v) is 20.3. The van der Waals surface area contributed by atoms with Gasteiger partial charge in [0.1, 0.15) is 17.5 Å². The highest BCUT2D eigenvalue weighted by molar-refractivity contribution is 5.46. The van der Waals surface area contributed by atoms with Gasteiger partial charge in [0.2, 0.25) is 0 Å². The van der Waals surface area contributed by atoms with Crippen molar-refractivity contribution in [1.82, 2.24) is 0 Å². The predicted molar refractivity (Wildman–Crippen MR) is 133 cm³/mol. The normalized spacial score (nSPS) is 35.6. The van der Waals surface area contributed by atoms with Crippen molar-refractivity contribution < 1.29 is 4.48 Å². The lowest BCUT2D eigenvalue weighted by Crippen LogP contribution is -2.84. The molecule has 33 heavy (non-hydrogen) atoms. The molecule has 172 valence electrons. The summed E-state index contributed by atoms with van der Waals surface area (Å²) in [7, 11) is 2.61. The molecule has 2 heteroatoms. The second-order valence-electron chi connectivity index (χ2n) is 12.1. The minimum absolute atomic E-state index is 0.542. The van der Waals surface area contributed by atoms with E-state index < -0.39 is 5.41 Å². The van der Waals surface area contributed by atoms with Gasteiger partial charge in [-0.2, -0.15) is 5.26 Å². The quantitative estimate of drug-likeness (QED) is 0.451. The molecule has 3 saturated carbocycles. The summed E-state index contributed by atoms with van der Waals surface area (Å²) >= 11 is 0. The Labute approximate surface area is 200 Å². The van der Waals surface area contributed by atoms with E-state index in [1.807, 2.05) is 0 Å². The Bertz CT molecular complexity index is 978. The fourth-order valence-electron chi connectivity index (χ4n) is 9.22. The second-order valence-corrected chi connectivity index (χ2v) is 12.1. The van der Waals surface area contributed by atoms with Crippen LogP contribution >= 0.6 is 0 Å². The van der Waals surface area contributed by atoms with Crippen LogP contribution in [0.3, 0.4) is 0 Å². The molecule has 6 rings (SSSR count). The van der Waals surface area contributed by atoms with Crippen LogP contribution in [0.4, 0.5) is 0 Å². The molecule has 2 aromatic carbocycles. The van der Waals surface area contributed by atoms with E-state index in [1.54, 1.807) is 0 Å². The Balaban J connectivity index is 1.28. The van der Waals surface area contributed by atoms with E-state index >= 15 is 0 Å². The molecule has 0 radical (unpaired) electrons. The van der Waals surface area contributed by atoms with Crippen LogP contribution in [0, 0.1) is 28.6 Å². The molecule has 0 aromatic heterocycles. The molecular formula is C31H39N2+. The van der Waals surface area contributed by atoms with Crippen LogP contribution in [-0.4, -0.2) is 30.2 Å². The van der Waals surface area contributed by atoms with Crippen LogP contribution in [0.25, 0.3) is 0 Å². The maximum atomic E-state index is 10.7. The lowest BCUT2D eigenvalue weighted by molar-refractivity contribution is -1.03. The Hall–Kier alpha value is -2.11. The summed E-state index contributed by atoms with van der Waals surface area (Å²) in [5.41, 5.74) is 2.39.